The number of fused-ring (bicyclic) bond motifs is 3. The van der Waals surface area contributed by atoms with Gasteiger partial charge in [-0.1, -0.05) is 30.7 Å². The van der Waals surface area contributed by atoms with Gasteiger partial charge in [-0.3, -0.25) is 0 Å². The number of aryl methyl sites for hydroxylation is 1. The van der Waals surface area contributed by atoms with Crippen LogP contribution in [-0.2, 0) is 6.42 Å². The Kier molecular flexibility index (Phi) is 2.23. The van der Waals surface area contributed by atoms with Crippen molar-refractivity contribution in [1.82, 2.24) is 9.97 Å². The van der Waals surface area contributed by atoms with E-state index in [9.17, 15) is 0 Å². The van der Waals surface area contributed by atoms with E-state index >= 15 is 0 Å². The van der Waals surface area contributed by atoms with Crippen molar-refractivity contribution in [2.24, 2.45) is 0 Å². The molecule has 3 rings (SSSR count). The van der Waals surface area contributed by atoms with Gasteiger partial charge in [-0.25, -0.2) is 4.98 Å². The lowest BCUT2D eigenvalue weighted by Crippen LogP contribution is -1.95. The number of nitrogens with two attached hydrogens (primary N) is 1. The zero-order valence-corrected chi connectivity index (χ0v) is 10.2. The molecule has 0 saturated heterocycles. The van der Waals surface area contributed by atoms with Crippen LogP contribution in [0.25, 0.3) is 21.8 Å². The standard InChI is InChI=1S/C13H12ClN3/c1-2-10-13-8(6-11(15)16-10)7-4-3-5-9(14)12(7)17-13/h3-6,17H,2H2,1H3,(H2,15,16). The van der Waals surface area contributed by atoms with Crippen LogP contribution < -0.4 is 5.73 Å². The number of para-hydroxylation sites is 1. The number of hydrogen-bond donors (Lipinski definition) is 2. The van der Waals surface area contributed by atoms with Crippen molar-refractivity contribution < 1.29 is 0 Å². The first-order valence-corrected chi connectivity index (χ1v) is 5.93. The lowest BCUT2D eigenvalue weighted by atomic mass is 10.1. The van der Waals surface area contributed by atoms with E-state index in [0.717, 1.165) is 38.9 Å². The lowest BCUT2D eigenvalue weighted by Gasteiger charge is -2.00. The number of anilines is 1. The minimum atomic E-state index is 0.551. The predicted molar refractivity (Wildman–Crippen MR) is 72.4 cm³/mol. The summed E-state index contributed by atoms with van der Waals surface area (Å²) in [5.74, 6) is 0.551. The van der Waals surface area contributed by atoms with Crippen molar-refractivity contribution in [2.75, 3.05) is 5.73 Å². The predicted octanol–water partition coefficient (Wildman–Crippen LogP) is 3.51. The molecule has 0 atom stereocenters. The maximum atomic E-state index is 6.18. The molecule has 2 heterocycles. The number of nitrogens with zero attached hydrogens (tertiary/aromatic N) is 1. The van der Waals surface area contributed by atoms with Crippen molar-refractivity contribution in [2.45, 2.75) is 13.3 Å². The van der Waals surface area contributed by atoms with Crippen LogP contribution in [0.3, 0.4) is 0 Å². The Morgan fingerprint density at radius 2 is 2.12 bits per heavy atom. The Morgan fingerprint density at radius 1 is 1.29 bits per heavy atom. The van der Waals surface area contributed by atoms with Crippen LogP contribution in [0.1, 0.15) is 12.6 Å². The highest BCUT2D eigenvalue weighted by atomic mass is 35.5. The second kappa shape index (κ2) is 3.64. The van der Waals surface area contributed by atoms with Crippen molar-refractivity contribution in [1.29, 1.82) is 0 Å². The molecule has 0 aliphatic rings. The van der Waals surface area contributed by atoms with E-state index in [0.29, 0.717) is 5.82 Å². The first-order chi connectivity index (χ1) is 8.20. The van der Waals surface area contributed by atoms with E-state index in [2.05, 4.69) is 16.9 Å². The molecule has 0 radical (unpaired) electrons. The summed E-state index contributed by atoms with van der Waals surface area (Å²) in [5, 5.41) is 2.91. The number of benzene rings is 1. The number of hydrogen-bond acceptors (Lipinski definition) is 2. The topological polar surface area (TPSA) is 54.7 Å². The molecule has 3 aromatic rings. The Bertz CT molecular complexity index is 715. The average Bonchev–Trinajstić information content (AvgIpc) is 2.68. The van der Waals surface area contributed by atoms with Gasteiger partial charge < -0.3 is 10.7 Å². The molecule has 2 aromatic heterocycles. The minimum absolute atomic E-state index is 0.551. The van der Waals surface area contributed by atoms with E-state index in [1.807, 2.05) is 24.3 Å². The number of aromatic nitrogens is 2. The number of nitrogens with one attached hydrogen (secondary N) is 1. The summed E-state index contributed by atoms with van der Waals surface area (Å²) in [7, 11) is 0. The summed E-state index contributed by atoms with van der Waals surface area (Å²) in [6, 6.07) is 7.75. The lowest BCUT2D eigenvalue weighted by molar-refractivity contribution is 1.06. The number of halogens is 1. The molecule has 0 aliphatic heterocycles. The van der Waals surface area contributed by atoms with Gasteiger partial charge in [0.05, 0.1) is 21.7 Å². The third-order valence-corrected chi connectivity index (χ3v) is 3.32. The Labute approximate surface area is 104 Å². The third-order valence-electron chi connectivity index (χ3n) is 3.00. The molecule has 0 unspecified atom stereocenters. The highest BCUT2D eigenvalue weighted by molar-refractivity contribution is 6.36. The van der Waals surface area contributed by atoms with Crippen LogP contribution in [0.4, 0.5) is 5.82 Å². The van der Waals surface area contributed by atoms with Gasteiger partial charge in [0.2, 0.25) is 0 Å². The van der Waals surface area contributed by atoms with Gasteiger partial charge >= 0.3 is 0 Å². The van der Waals surface area contributed by atoms with Gasteiger partial charge in [-0.2, -0.15) is 0 Å². The molecule has 4 heteroatoms. The van der Waals surface area contributed by atoms with Gasteiger partial charge in [-0.15, -0.1) is 0 Å². The Morgan fingerprint density at radius 3 is 2.88 bits per heavy atom. The summed E-state index contributed by atoms with van der Waals surface area (Å²) in [4.78, 5) is 7.69. The monoisotopic (exact) mass is 245 g/mol. The van der Waals surface area contributed by atoms with Crippen LogP contribution in [0.5, 0.6) is 0 Å². The van der Waals surface area contributed by atoms with Gasteiger partial charge in [0.25, 0.3) is 0 Å². The second-order valence-corrected chi connectivity index (χ2v) is 4.46. The molecule has 0 aliphatic carbocycles. The van der Waals surface area contributed by atoms with E-state index < -0.39 is 0 Å². The zero-order chi connectivity index (χ0) is 12.0. The molecule has 0 amide bonds. The largest absolute Gasteiger partial charge is 0.384 e. The number of aromatic amines is 1. The van der Waals surface area contributed by atoms with Crippen LogP contribution in [0.2, 0.25) is 5.02 Å². The first-order valence-electron chi connectivity index (χ1n) is 5.56. The Balaban J connectivity index is 2.55. The summed E-state index contributed by atoms with van der Waals surface area (Å²) in [5.41, 5.74) is 8.79. The van der Waals surface area contributed by atoms with Gasteiger partial charge in [0.1, 0.15) is 5.82 Å². The highest BCUT2D eigenvalue weighted by Crippen LogP contribution is 2.32. The summed E-state index contributed by atoms with van der Waals surface area (Å²) >= 11 is 6.18. The van der Waals surface area contributed by atoms with Crippen LogP contribution >= 0.6 is 11.6 Å². The van der Waals surface area contributed by atoms with Gasteiger partial charge in [0, 0.05) is 10.8 Å². The molecule has 0 saturated carbocycles. The minimum Gasteiger partial charge on any atom is -0.384 e. The van der Waals surface area contributed by atoms with Crippen molar-refractivity contribution in [3.05, 3.63) is 35.0 Å². The van der Waals surface area contributed by atoms with Crippen molar-refractivity contribution in [3.8, 4) is 0 Å². The molecule has 0 bridgehead atoms. The van der Waals surface area contributed by atoms with E-state index in [-0.39, 0.29) is 0 Å². The zero-order valence-electron chi connectivity index (χ0n) is 9.42. The van der Waals surface area contributed by atoms with E-state index in [4.69, 9.17) is 17.3 Å². The molecular weight excluding hydrogens is 234 g/mol. The van der Waals surface area contributed by atoms with Crippen LogP contribution in [-0.4, -0.2) is 9.97 Å². The maximum absolute atomic E-state index is 6.18. The summed E-state index contributed by atoms with van der Waals surface area (Å²) in [6.45, 7) is 2.06. The summed E-state index contributed by atoms with van der Waals surface area (Å²) < 4.78 is 0. The fourth-order valence-corrected chi connectivity index (χ4v) is 2.45. The van der Waals surface area contributed by atoms with E-state index in [1.165, 1.54) is 0 Å². The molecule has 1 aromatic carbocycles. The van der Waals surface area contributed by atoms with Crippen molar-refractivity contribution in [3.63, 3.8) is 0 Å². The fraction of sp³-hybridized carbons (Fsp3) is 0.154. The molecule has 86 valence electrons. The van der Waals surface area contributed by atoms with Gasteiger partial charge in [0.15, 0.2) is 0 Å². The molecule has 3 nitrogen and oxygen atoms in total. The molecule has 3 N–H and O–H groups in total. The highest BCUT2D eigenvalue weighted by Gasteiger charge is 2.11. The Hall–Kier alpha value is -1.74. The molecule has 17 heavy (non-hydrogen) atoms. The number of pyridine rings is 1. The normalized spacial score (nSPS) is 11.4. The SMILES string of the molecule is CCc1nc(N)cc2c1[nH]c1c(Cl)cccc12. The fourth-order valence-electron chi connectivity index (χ4n) is 2.23. The smallest absolute Gasteiger partial charge is 0.124 e. The molecule has 0 spiro atoms. The molecule has 0 fully saturated rings. The van der Waals surface area contributed by atoms with Crippen LogP contribution in [0, 0.1) is 0 Å². The first kappa shape index (κ1) is 10.4. The summed E-state index contributed by atoms with van der Waals surface area (Å²) in [6.07, 6.45) is 0.839. The number of H-pyrrole nitrogens is 1. The quantitative estimate of drug-likeness (QED) is 0.689. The number of nitrogen functional groups attached to an aromatic ring is 1. The molecular formula is C13H12ClN3. The average molecular weight is 246 g/mol. The van der Waals surface area contributed by atoms with Crippen molar-refractivity contribution >= 4 is 39.2 Å². The second-order valence-electron chi connectivity index (χ2n) is 4.06. The van der Waals surface area contributed by atoms with Crippen LogP contribution in [0.15, 0.2) is 24.3 Å². The maximum Gasteiger partial charge on any atom is 0.124 e. The van der Waals surface area contributed by atoms with E-state index in [1.54, 1.807) is 0 Å². The number of rotatable bonds is 1. The van der Waals surface area contributed by atoms with Gasteiger partial charge in [-0.05, 0) is 18.6 Å². The third kappa shape index (κ3) is 1.46.